The molecule has 0 aliphatic carbocycles. The highest BCUT2D eigenvalue weighted by atomic mass is 35.5. The largest absolute Gasteiger partial charge is 0.495 e. The lowest BCUT2D eigenvalue weighted by atomic mass is 9.93. The van der Waals surface area contributed by atoms with Crippen LogP contribution in [-0.2, 0) is 11.3 Å². The summed E-state index contributed by atoms with van der Waals surface area (Å²) in [6.45, 7) is 3.06. The Labute approximate surface area is 159 Å². The zero-order chi connectivity index (χ0) is 18.4. The second kappa shape index (κ2) is 9.10. The number of rotatable bonds is 7. The maximum atomic E-state index is 12.2. The maximum absolute atomic E-state index is 12.2. The summed E-state index contributed by atoms with van der Waals surface area (Å²) in [5.74, 6) is 1.18. The van der Waals surface area contributed by atoms with Gasteiger partial charge in [-0.15, -0.1) is 0 Å². The Morgan fingerprint density at radius 2 is 2.31 bits per heavy atom. The molecule has 1 aromatic heterocycles. The van der Waals surface area contributed by atoms with Gasteiger partial charge in [-0.05, 0) is 56.0 Å². The Balaban J connectivity index is 1.44. The van der Waals surface area contributed by atoms with Crippen molar-refractivity contribution in [3.63, 3.8) is 0 Å². The Morgan fingerprint density at radius 3 is 3.04 bits per heavy atom. The zero-order valence-corrected chi connectivity index (χ0v) is 15.8. The van der Waals surface area contributed by atoms with Crippen LogP contribution in [0.15, 0.2) is 41.2 Å². The van der Waals surface area contributed by atoms with Gasteiger partial charge in [-0.25, -0.2) is 0 Å². The number of likely N-dealkylation sites (tertiary alicyclic amines) is 1. The summed E-state index contributed by atoms with van der Waals surface area (Å²) < 4.78 is 10.3. The van der Waals surface area contributed by atoms with Crippen LogP contribution in [0.1, 0.15) is 31.2 Å². The van der Waals surface area contributed by atoms with Gasteiger partial charge >= 0.3 is 0 Å². The van der Waals surface area contributed by atoms with E-state index >= 15 is 0 Å². The van der Waals surface area contributed by atoms with E-state index < -0.39 is 0 Å². The molecule has 0 saturated carbocycles. The number of carbonyl (C=O) groups excluding carboxylic acids is 1. The summed E-state index contributed by atoms with van der Waals surface area (Å²) in [7, 11) is 1.57. The lowest BCUT2D eigenvalue weighted by Crippen LogP contribution is -2.35. The van der Waals surface area contributed by atoms with Gasteiger partial charge in [-0.1, -0.05) is 11.6 Å². The van der Waals surface area contributed by atoms with Gasteiger partial charge in [-0.2, -0.15) is 0 Å². The average Bonchev–Trinajstić information content (AvgIpc) is 3.13. The molecule has 1 amide bonds. The molecule has 1 fully saturated rings. The molecule has 0 spiro atoms. The molecule has 140 valence electrons. The van der Waals surface area contributed by atoms with Crippen LogP contribution in [0.5, 0.6) is 5.75 Å². The van der Waals surface area contributed by atoms with Crippen LogP contribution in [0.2, 0.25) is 5.02 Å². The molecule has 2 heterocycles. The molecule has 1 aliphatic rings. The summed E-state index contributed by atoms with van der Waals surface area (Å²) >= 11 is 6.10. The molecule has 0 bridgehead atoms. The average molecular weight is 377 g/mol. The minimum Gasteiger partial charge on any atom is -0.495 e. The van der Waals surface area contributed by atoms with Crippen LogP contribution in [0.4, 0.5) is 5.69 Å². The number of furan rings is 1. The number of ether oxygens (including phenoxy) is 1. The molecule has 2 aromatic rings. The number of hydrogen-bond acceptors (Lipinski definition) is 4. The lowest BCUT2D eigenvalue weighted by Gasteiger charge is -2.32. The fraction of sp³-hybridized carbons (Fsp3) is 0.450. The van der Waals surface area contributed by atoms with Crippen LogP contribution < -0.4 is 10.1 Å². The third-order valence-electron chi connectivity index (χ3n) is 4.80. The summed E-state index contributed by atoms with van der Waals surface area (Å²) in [6.07, 6.45) is 7.30. The van der Waals surface area contributed by atoms with Gasteiger partial charge in [0.1, 0.15) is 5.75 Å². The predicted molar refractivity (Wildman–Crippen MR) is 103 cm³/mol. The highest BCUT2D eigenvalue weighted by Gasteiger charge is 2.21. The lowest BCUT2D eigenvalue weighted by molar-refractivity contribution is -0.116. The molecule has 0 radical (unpaired) electrons. The second-order valence-corrected chi connectivity index (χ2v) is 7.22. The number of methoxy groups -OCH3 is 1. The summed E-state index contributed by atoms with van der Waals surface area (Å²) in [6, 6.07) is 7.28. The quantitative estimate of drug-likeness (QED) is 0.768. The molecule has 3 rings (SSSR count). The molecule has 5 nitrogen and oxygen atoms in total. The Hall–Kier alpha value is -1.98. The fourth-order valence-electron chi connectivity index (χ4n) is 3.47. The number of piperidine rings is 1. The number of anilines is 1. The topological polar surface area (TPSA) is 54.7 Å². The van der Waals surface area contributed by atoms with Gasteiger partial charge in [0, 0.05) is 30.8 Å². The molecule has 1 atom stereocenters. The monoisotopic (exact) mass is 376 g/mol. The number of carbonyl (C=O) groups is 1. The number of nitrogens with one attached hydrogen (secondary N) is 1. The summed E-state index contributed by atoms with van der Waals surface area (Å²) in [5.41, 5.74) is 1.91. The Morgan fingerprint density at radius 1 is 1.42 bits per heavy atom. The van der Waals surface area contributed by atoms with Crippen molar-refractivity contribution in [1.29, 1.82) is 0 Å². The smallest absolute Gasteiger partial charge is 0.224 e. The second-order valence-electron chi connectivity index (χ2n) is 6.81. The molecule has 1 N–H and O–H groups in total. The standard InChI is InChI=1S/C20H25ClN2O3/c1-25-19-6-5-17(11-18(19)21)22-20(24)7-4-15-3-2-9-23(12-15)13-16-8-10-26-14-16/h5-6,8,10-11,14-15H,2-4,7,9,12-13H2,1H3,(H,22,24). The first kappa shape index (κ1) is 18.8. The first-order chi connectivity index (χ1) is 12.6. The van der Waals surface area contributed by atoms with E-state index in [2.05, 4.69) is 10.2 Å². The van der Waals surface area contributed by atoms with E-state index in [1.54, 1.807) is 37.8 Å². The van der Waals surface area contributed by atoms with Crippen molar-refractivity contribution < 1.29 is 13.9 Å². The van der Waals surface area contributed by atoms with Gasteiger partial charge in [0.05, 0.1) is 24.7 Å². The van der Waals surface area contributed by atoms with E-state index in [0.717, 1.165) is 26.1 Å². The van der Waals surface area contributed by atoms with E-state index in [4.69, 9.17) is 20.8 Å². The highest BCUT2D eigenvalue weighted by Crippen LogP contribution is 2.27. The van der Waals surface area contributed by atoms with E-state index in [-0.39, 0.29) is 5.91 Å². The van der Waals surface area contributed by atoms with Gasteiger partial charge < -0.3 is 14.5 Å². The van der Waals surface area contributed by atoms with Crippen LogP contribution in [0.25, 0.3) is 0 Å². The summed E-state index contributed by atoms with van der Waals surface area (Å²) in [4.78, 5) is 14.7. The van der Waals surface area contributed by atoms with Gasteiger partial charge in [0.15, 0.2) is 0 Å². The van der Waals surface area contributed by atoms with E-state index in [1.165, 1.54) is 18.4 Å². The predicted octanol–water partition coefficient (Wildman–Crippen LogP) is 4.57. The van der Waals surface area contributed by atoms with Crippen molar-refractivity contribution in [3.8, 4) is 5.75 Å². The van der Waals surface area contributed by atoms with Crippen molar-refractivity contribution in [2.45, 2.75) is 32.2 Å². The van der Waals surface area contributed by atoms with E-state index in [1.807, 2.05) is 6.07 Å². The highest BCUT2D eigenvalue weighted by molar-refractivity contribution is 6.32. The third-order valence-corrected chi connectivity index (χ3v) is 5.10. The maximum Gasteiger partial charge on any atom is 0.224 e. The van der Waals surface area contributed by atoms with Gasteiger partial charge in [-0.3, -0.25) is 9.69 Å². The third kappa shape index (κ3) is 5.26. The van der Waals surface area contributed by atoms with Gasteiger partial charge in [0.25, 0.3) is 0 Å². The first-order valence-corrected chi connectivity index (χ1v) is 9.38. The fourth-order valence-corrected chi connectivity index (χ4v) is 3.73. The van der Waals surface area contributed by atoms with Crippen molar-refractivity contribution in [2.75, 3.05) is 25.5 Å². The van der Waals surface area contributed by atoms with Crippen LogP contribution in [0.3, 0.4) is 0 Å². The number of nitrogens with zero attached hydrogens (tertiary/aromatic N) is 1. The molecule has 1 unspecified atom stereocenters. The Bertz CT molecular complexity index is 718. The Kier molecular flexibility index (Phi) is 6.58. The number of halogens is 1. The van der Waals surface area contributed by atoms with E-state index in [9.17, 15) is 4.79 Å². The molecule has 26 heavy (non-hydrogen) atoms. The number of amides is 1. The summed E-state index contributed by atoms with van der Waals surface area (Å²) in [5, 5.41) is 3.41. The number of benzene rings is 1. The first-order valence-electron chi connectivity index (χ1n) is 9.01. The van der Waals surface area contributed by atoms with Gasteiger partial charge in [0.2, 0.25) is 5.91 Å². The van der Waals surface area contributed by atoms with E-state index in [0.29, 0.717) is 28.8 Å². The molecular formula is C20H25ClN2O3. The van der Waals surface area contributed by atoms with Crippen LogP contribution >= 0.6 is 11.6 Å². The molecule has 1 saturated heterocycles. The molecule has 1 aliphatic heterocycles. The molecule has 1 aromatic carbocycles. The minimum atomic E-state index is 0.0261. The zero-order valence-electron chi connectivity index (χ0n) is 15.0. The van der Waals surface area contributed by atoms with Crippen molar-refractivity contribution in [3.05, 3.63) is 47.4 Å². The SMILES string of the molecule is COc1ccc(NC(=O)CCC2CCCN(Cc3ccoc3)C2)cc1Cl. The molecular weight excluding hydrogens is 352 g/mol. The van der Waals surface area contributed by atoms with Crippen molar-refractivity contribution in [1.82, 2.24) is 4.90 Å². The number of hydrogen-bond donors (Lipinski definition) is 1. The van der Waals surface area contributed by atoms with Crippen LogP contribution in [0, 0.1) is 5.92 Å². The van der Waals surface area contributed by atoms with Crippen molar-refractivity contribution in [2.24, 2.45) is 5.92 Å². The van der Waals surface area contributed by atoms with Crippen LogP contribution in [-0.4, -0.2) is 31.0 Å². The normalized spacial score (nSPS) is 17.8. The van der Waals surface area contributed by atoms with Crippen molar-refractivity contribution >= 4 is 23.2 Å². The minimum absolute atomic E-state index is 0.0261. The molecule has 6 heteroatoms.